The van der Waals surface area contributed by atoms with E-state index in [1.165, 1.54) is 11.6 Å². The largest absolute Gasteiger partial charge is 0.489 e. The Hall–Kier alpha value is -1.83. The number of aryl methyl sites for hydroxylation is 1. The molecule has 0 aliphatic rings. The van der Waals surface area contributed by atoms with Gasteiger partial charge in [-0.2, -0.15) is 0 Å². The fourth-order valence-corrected chi connectivity index (χ4v) is 2.13. The van der Waals surface area contributed by atoms with E-state index in [0.29, 0.717) is 12.5 Å². The van der Waals surface area contributed by atoms with Crippen LogP contribution in [0.4, 0.5) is 4.39 Å². The summed E-state index contributed by atoms with van der Waals surface area (Å²) in [5, 5.41) is 0. The van der Waals surface area contributed by atoms with E-state index < -0.39 is 0 Å². The maximum atomic E-state index is 13.3. The summed E-state index contributed by atoms with van der Waals surface area (Å²) in [6.07, 6.45) is 0.820. The van der Waals surface area contributed by atoms with Crippen molar-refractivity contribution in [1.29, 1.82) is 0 Å². The molecule has 0 aromatic heterocycles. The lowest BCUT2D eigenvalue weighted by Gasteiger charge is -2.13. The molecule has 2 aromatic carbocycles. The molecular weight excluding hydrogens is 251 g/mol. The molecule has 0 N–H and O–H groups in total. The average molecular weight is 272 g/mol. The minimum absolute atomic E-state index is 0.205. The van der Waals surface area contributed by atoms with Gasteiger partial charge in [0, 0.05) is 0 Å². The maximum Gasteiger partial charge on any atom is 0.123 e. The monoisotopic (exact) mass is 272 g/mol. The number of rotatable bonds is 5. The highest BCUT2D eigenvalue weighted by Crippen LogP contribution is 2.24. The Morgan fingerprint density at radius 2 is 1.75 bits per heavy atom. The van der Waals surface area contributed by atoms with Gasteiger partial charge in [-0.1, -0.05) is 43.7 Å². The van der Waals surface area contributed by atoms with E-state index in [4.69, 9.17) is 4.74 Å². The Morgan fingerprint density at radius 1 is 1.05 bits per heavy atom. The van der Waals surface area contributed by atoms with E-state index in [1.807, 2.05) is 0 Å². The van der Waals surface area contributed by atoms with Crippen molar-refractivity contribution in [2.24, 2.45) is 5.92 Å². The third-order valence-corrected chi connectivity index (χ3v) is 3.17. The molecule has 0 atom stereocenters. The van der Waals surface area contributed by atoms with Crippen molar-refractivity contribution in [3.05, 3.63) is 65.0 Å². The van der Waals surface area contributed by atoms with Crippen LogP contribution < -0.4 is 4.74 Å². The molecule has 2 rings (SSSR count). The first-order valence-corrected chi connectivity index (χ1v) is 7.01. The van der Waals surface area contributed by atoms with Gasteiger partial charge in [-0.3, -0.25) is 0 Å². The molecule has 106 valence electrons. The van der Waals surface area contributed by atoms with Crippen molar-refractivity contribution in [2.75, 3.05) is 0 Å². The number of benzene rings is 2. The zero-order valence-electron chi connectivity index (χ0n) is 12.3. The van der Waals surface area contributed by atoms with Crippen LogP contribution in [0.5, 0.6) is 5.75 Å². The van der Waals surface area contributed by atoms with E-state index in [-0.39, 0.29) is 5.82 Å². The molecule has 0 fully saturated rings. The third-order valence-electron chi connectivity index (χ3n) is 3.17. The lowest BCUT2D eigenvalue weighted by Crippen LogP contribution is -2.02. The Labute approximate surface area is 120 Å². The number of hydrogen-bond donors (Lipinski definition) is 0. The summed E-state index contributed by atoms with van der Waals surface area (Å²) < 4.78 is 19.2. The summed E-state index contributed by atoms with van der Waals surface area (Å²) >= 11 is 0. The van der Waals surface area contributed by atoms with Gasteiger partial charge in [-0.15, -0.1) is 0 Å². The minimum Gasteiger partial charge on any atom is -0.489 e. The van der Waals surface area contributed by atoms with Crippen LogP contribution in [0.25, 0.3) is 0 Å². The molecule has 0 saturated heterocycles. The predicted molar refractivity (Wildman–Crippen MR) is 80.5 cm³/mol. The van der Waals surface area contributed by atoms with Crippen LogP contribution in [0.2, 0.25) is 0 Å². The van der Waals surface area contributed by atoms with E-state index in [0.717, 1.165) is 23.3 Å². The molecule has 0 radical (unpaired) electrons. The summed E-state index contributed by atoms with van der Waals surface area (Å²) in [5.41, 5.74) is 3.29. The lowest BCUT2D eigenvalue weighted by atomic mass is 10.0. The zero-order valence-corrected chi connectivity index (χ0v) is 12.3. The van der Waals surface area contributed by atoms with Crippen LogP contribution in [-0.2, 0) is 13.0 Å². The van der Waals surface area contributed by atoms with Crippen LogP contribution in [0, 0.1) is 18.7 Å². The number of halogens is 1. The second-order valence-corrected chi connectivity index (χ2v) is 5.62. The first-order chi connectivity index (χ1) is 9.54. The highest BCUT2D eigenvalue weighted by atomic mass is 19.1. The maximum absolute atomic E-state index is 13.3. The second kappa shape index (κ2) is 6.56. The summed E-state index contributed by atoms with van der Waals surface area (Å²) in [7, 11) is 0. The van der Waals surface area contributed by atoms with Gasteiger partial charge < -0.3 is 4.74 Å². The van der Waals surface area contributed by atoms with E-state index in [9.17, 15) is 4.39 Å². The fraction of sp³-hybridized carbons (Fsp3) is 0.333. The van der Waals surface area contributed by atoms with Gasteiger partial charge in [0.05, 0.1) is 0 Å². The Kier molecular flexibility index (Phi) is 4.78. The van der Waals surface area contributed by atoms with Gasteiger partial charge in [-0.05, 0) is 48.6 Å². The quantitative estimate of drug-likeness (QED) is 0.751. The molecule has 0 amide bonds. The Morgan fingerprint density at radius 3 is 2.40 bits per heavy atom. The minimum atomic E-state index is -0.205. The Balaban J connectivity index is 2.10. The highest BCUT2D eigenvalue weighted by Gasteiger charge is 2.08. The van der Waals surface area contributed by atoms with Crippen LogP contribution in [0.1, 0.15) is 30.5 Å². The fourth-order valence-electron chi connectivity index (χ4n) is 2.13. The average Bonchev–Trinajstić information content (AvgIpc) is 2.39. The van der Waals surface area contributed by atoms with Gasteiger partial charge in [0.15, 0.2) is 0 Å². The van der Waals surface area contributed by atoms with Crippen LogP contribution in [0.3, 0.4) is 0 Å². The van der Waals surface area contributed by atoms with Crippen molar-refractivity contribution in [3.63, 3.8) is 0 Å². The van der Waals surface area contributed by atoms with E-state index in [2.05, 4.69) is 45.0 Å². The topological polar surface area (TPSA) is 9.23 Å². The number of ether oxygens (including phenoxy) is 1. The van der Waals surface area contributed by atoms with Crippen molar-refractivity contribution < 1.29 is 9.13 Å². The summed E-state index contributed by atoms with van der Waals surface area (Å²) in [5.74, 6) is 1.04. The number of hydrogen-bond acceptors (Lipinski definition) is 1. The van der Waals surface area contributed by atoms with Crippen LogP contribution in [0.15, 0.2) is 42.5 Å². The standard InChI is InChI=1S/C18H21FO/c1-13(2)10-16-11-17(19)8-9-18(16)20-12-15-6-4-14(3)5-7-15/h4-9,11,13H,10,12H2,1-3H3. The lowest BCUT2D eigenvalue weighted by molar-refractivity contribution is 0.301. The van der Waals surface area contributed by atoms with Crippen molar-refractivity contribution in [2.45, 2.75) is 33.8 Å². The molecule has 0 saturated carbocycles. The third kappa shape index (κ3) is 4.09. The zero-order chi connectivity index (χ0) is 14.5. The van der Waals surface area contributed by atoms with Crippen LogP contribution in [-0.4, -0.2) is 0 Å². The van der Waals surface area contributed by atoms with Gasteiger partial charge >= 0.3 is 0 Å². The molecule has 2 aromatic rings. The predicted octanol–water partition coefficient (Wildman–Crippen LogP) is 4.91. The first-order valence-electron chi connectivity index (χ1n) is 7.01. The normalized spacial score (nSPS) is 10.8. The molecular formula is C18H21FO. The summed E-state index contributed by atoms with van der Waals surface area (Å²) in [6.45, 7) is 6.81. The highest BCUT2D eigenvalue weighted by molar-refractivity contribution is 5.34. The molecule has 2 heteroatoms. The first kappa shape index (κ1) is 14.6. The molecule has 1 nitrogen and oxygen atoms in total. The molecule has 0 bridgehead atoms. The summed E-state index contributed by atoms with van der Waals surface area (Å²) in [4.78, 5) is 0. The molecule has 0 aliphatic carbocycles. The Bertz CT molecular complexity index is 558. The van der Waals surface area contributed by atoms with Crippen LogP contribution >= 0.6 is 0 Å². The molecule has 20 heavy (non-hydrogen) atoms. The SMILES string of the molecule is Cc1ccc(COc2ccc(F)cc2CC(C)C)cc1. The van der Waals surface area contributed by atoms with Gasteiger partial charge in [0.2, 0.25) is 0 Å². The summed E-state index contributed by atoms with van der Waals surface area (Å²) in [6, 6.07) is 13.0. The van der Waals surface area contributed by atoms with Crippen molar-refractivity contribution >= 4 is 0 Å². The van der Waals surface area contributed by atoms with E-state index in [1.54, 1.807) is 12.1 Å². The van der Waals surface area contributed by atoms with E-state index >= 15 is 0 Å². The molecule has 0 spiro atoms. The molecule has 0 unspecified atom stereocenters. The van der Waals surface area contributed by atoms with Crippen molar-refractivity contribution in [1.82, 2.24) is 0 Å². The molecule has 0 aliphatic heterocycles. The van der Waals surface area contributed by atoms with Gasteiger partial charge in [-0.25, -0.2) is 4.39 Å². The smallest absolute Gasteiger partial charge is 0.123 e. The molecule has 0 heterocycles. The van der Waals surface area contributed by atoms with Gasteiger partial charge in [0.1, 0.15) is 18.2 Å². The van der Waals surface area contributed by atoms with Gasteiger partial charge in [0.25, 0.3) is 0 Å². The second-order valence-electron chi connectivity index (χ2n) is 5.62. The van der Waals surface area contributed by atoms with Crippen molar-refractivity contribution in [3.8, 4) is 5.75 Å².